The Balaban J connectivity index is 1.34. The van der Waals surface area contributed by atoms with E-state index >= 15 is 0 Å². The van der Waals surface area contributed by atoms with Crippen LogP contribution < -0.4 is 19.7 Å². The molecule has 1 saturated heterocycles. The summed E-state index contributed by atoms with van der Waals surface area (Å²) in [5.41, 5.74) is 4.05. The summed E-state index contributed by atoms with van der Waals surface area (Å²) in [7, 11) is 3.29. The molecule has 1 fully saturated rings. The number of piperazine rings is 1. The number of hydrogen-bond acceptors (Lipinski definition) is 7. The van der Waals surface area contributed by atoms with Gasteiger partial charge < -0.3 is 19.7 Å². The van der Waals surface area contributed by atoms with Crippen LogP contribution in [0, 0.1) is 6.92 Å². The van der Waals surface area contributed by atoms with Crippen LogP contribution in [0.5, 0.6) is 11.5 Å². The Labute approximate surface area is 223 Å². The van der Waals surface area contributed by atoms with Gasteiger partial charge in [0, 0.05) is 49.1 Å². The van der Waals surface area contributed by atoms with E-state index in [-0.39, 0.29) is 5.91 Å². The second-order valence-electron chi connectivity index (χ2n) is 9.56. The van der Waals surface area contributed by atoms with E-state index < -0.39 is 0 Å². The summed E-state index contributed by atoms with van der Waals surface area (Å²) in [6.07, 6.45) is 0.671. The van der Waals surface area contributed by atoms with Crippen LogP contribution in [0.4, 0.5) is 11.5 Å². The van der Waals surface area contributed by atoms with Crippen molar-refractivity contribution in [1.82, 2.24) is 15.1 Å². The van der Waals surface area contributed by atoms with Gasteiger partial charge in [0.25, 0.3) is 0 Å². The minimum atomic E-state index is -0.00496. The summed E-state index contributed by atoms with van der Waals surface area (Å²) in [4.78, 5) is 17.0. The Morgan fingerprint density at radius 3 is 2.18 bits per heavy atom. The van der Waals surface area contributed by atoms with Crippen LogP contribution in [0.15, 0.2) is 66.7 Å². The zero-order chi connectivity index (χ0) is 26.5. The van der Waals surface area contributed by atoms with Crippen molar-refractivity contribution in [2.24, 2.45) is 0 Å². The number of ether oxygens (including phenoxy) is 2. The number of fused-ring (bicyclic) bond motifs is 1. The summed E-state index contributed by atoms with van der Waals surface area (Å²) in [5, 5.41) is 14.3. The van der Waals surface area contributed by atoms with Crippen molar-refractivity contribution in [1.29, 1.82) is 0 Å². The number of rotatable bonds is 8. The Morgan fingerprint density at radius 2 is 1.53 bits per heavy atom. The van der Waals surface area contributed by atoms with Crippen LogP contribution in [0.3, 0.4) is 0 Å². The highest BCUT2D eigenvalue weighted by Gasteiger charge is 2.24. The number of carbonyl (C=O) groups is 1. The molecule has 0 bridgehead atoms. The van der Waals surface area contributed by atoms with Gasteiger partial charge in [-0.25, -0.2) is 0 Å². The first-order chi connectivity index (χ1) is 18.5. The maximum absolute atomic E-state index is 12.6. The highest BCUT2D eigenvalue weighted by molar-refractivity contribution is 5.96. The van der Waals surface area contributed by atoms with Gasteiger partial charge in [0.2, 0.25) is 5.91 Å². The van der Waals surface area contributed by atoms with Crippen molar-refractivity contribution in [3.8, 4) is 11.5 Å². The highest BCUT2D eigenvalue weighted by atomic mass is 16.5. The monoisotopic (exact) mass is 511 g/mol. The number of nitrogens with one attached hydrogen (secondary N) is 1. The number of amides is 1. The van der Waals surface area contributed by atoms with E-state index in [4.69, 9.17) is 9.47 Å². The standard InChI is InChI=1S/C30H33N5O3/c1-21-9-11-23(12-10-21)31-29(36)20-34-13-15-35(16-14-34)30-25-19-28(38-3)27(37-2)18-24(25)26(32-33-30)17-22-7-5-4-6-8-22/h4-12,18-19H,13-17,20H2,1-3H3,(H,31,36). The molecule has 196 valence electrons. The number of anilines is 2. The lowest BCUT2D eigenvalue weighted by Crippen LogP contribution is -2.49. The predicted molar refractivity (Wildman–Crippen MR) is 150 cm³/mol. The lowest BCUT2D eigenvalue weighted by atomic mass is 10.0. The first-order valence-corrected chi connectivity index (χ1v) is 12.8. The predicted octanol–water partition coefficient (Wildman–Crippen LogP) is 4.31. The zero-order valence-electron chi connectivity index (χ0n) is 22.1. The molecule has 0 spiro atoms. The van der Waals surface area contributed by atoms with Crippen molar-refractivity contribution in [3.05, 3.63) is 83.6 Å². The summed E-state index contributed by atoms with van der Waals surface area (Å²) in [6.45, 7) is 5.38. The summed E-state index contributed by atoms with van der Waals surface area (Å²) >= 11 is 0. The Kier molecular flexibility index (Phi) is 7.70. The molecule has 1 aliphatic rings. The molecule has 3 aromatic carbocycles. The SMILES string of the molecule is COc1cc2c(Cc3ccccc3)nnc(N3CCN(CC(=O)Nc4ccc(C)cc4)CC3)c2cc1OC. The van der Waals surface area contributed by atoms with Crippen LogP contribution in [-0.4, -0.2) is 67.9 Å². The Morgan fingerprint density at radius 1 is 0.868 bits per heavy atom. The van der Waals surface area contributed by atoms with Crippen LogP contribution in [0.25, 0.3) is 10.8 Å². The molecule has 1 N–H and O–H groups in total. The molecule has 0 unspecified atom stereocenters. The van der Waals surface area contributed by atoms with Gasteiger partial charge in [-0.2, -0.15) is 5.10 Å². The van der Waals surface area contributed by atoms with Crippen molar-refractivity contribution >= 4 is 28.2 Å². The molecule has 0 aliphatic carbocycles. The second-order valence-corrected chi connectivity index (χ2v) is 9.56. The molecule has 5 rings (SSSR count). The molecule has 8 heteroatoms. The molecular weight excluding hydrogens is 478 g/mol. The van der Waals surface area contributed by atoms with Crippen LogP contribution in [-0.2, 0) is 11.2 Å². The first kappa shape index (κ1) is 25.5. The van der Waals surface area contributed by atoms with Crippen molar-refractivity contribution in [2.75, 3.05) is 57.2 Å². The minimum Gasteiger partial charge on any atom is -0.493 e. The molecule has 0 atom stereocenters. The van der Waals surface area contributed by atoms with E-state index in [1.165, 1.54) is 11.1 Å². The third-order valence-electron chi connectivity index (χ3n) is 6.93. The maximum atomic E-state index is 12.6. The van der Waals surface area contributed by atoms with Crippen molar-refractivity contribution in [3.63, 3.8) is 0 Å². The molecule has 1 aliphatic heterocycles. The lowest BCUT2D eigenvalue weighted by Gasteiger charge is -2.35. The van der Waals surface area contributed by atoms with Crippen molar-refractivity contribution < 1.29 is 14.3 Å². The molecule has 8 nitrogen and oxygen atoms in total. The number of carbonyl (C=O) groups excluding carboxylic acids is 1. The van der Waals surface area contributed by atoms with Gasteiger partial charge in [0.05, 0.1) is 26.5 Å². The van der Waals surface area contributed by atoms with Crippen LogP contribution in [0.2, 0.25) is 0 Å². The summed E-state index contributed by atoms with van der Waals surface area (Å²) in [5.74, 6) is 2.14. The van der Waals surface area contributed by atoms with Gasteiger partial charge in [-0.3, -0.25) is 9.69 Å². The topological polar surface area (TPSA) is 79.8 Å². The number of methoxy groups -OCH3 is 2. The molecule has 38 heavy (non-hydrogen) atoms. The number of hydrogen-bond donors (Lipinski definition) is 1. The number of benzene rings is 3. The van der Waals surface area contributed by atoms with Crippen molar-refractivity contribution in [2.45, 2.75) is 13.3 Å². The zero-order valence-corrected chi connectivity index (χ0v) is 22.1. The number of aryl methyl sites for hydroxylation is 1. The fraction of sp³-hybridized carbons (Fsp3) is 0.300. The summed E-state index contributed by atoms with van der Waals surface area (Å²) < 4.78 is 11.2. The van der Waals surface area contributed by atoms with Gasteiger partial charge in [0.15, 0.2) is 17.3 Å². The average molecular weight is 512 g/mol. The number of aromatic nitrogens is 2. The molecular formula is C30H33N5O3. The van der Waals surface area contributed by atoms with Crippen LogP contribution >= 0.6 is 0 Å². The molecule has 1 amide bonds. The lowest BCUT2D eigenvalue weighted by molar-refractivity contribution is -0.117. The van der Waals surface area contributed by atoms with Gasteiger partial charge in [-0.15, -0.1) is 5.10 Å². The fourth-order valence-corrected chi connectivity index (χ4v) is 4.83. The first-order valence-electron chi connectivity index (χ1n) is 12.8. The van der Waals surface area contributed by atoms with E-state index in [9.17, 15) is 4.79 Å². The van der Waals surface area contributed by atoms with E-state index in [0.29, 0.717) is 24.5 Å². The maximum Gasteiger partial charge on any atom is 0.238 e. The van der Waals surface area contributed by atoms with Crippen LogP contribution in [0.1, 0.15) is 16.8 Å². The van der Waals surface area contributed by atoms with E-state index in [2.05, 4.69) is 37.4 Å². The van der Waals surface area contributed by atoms with E-state index in [1.54, 1.807) is 14.2 Å². The molecule has 4 aromatic rings. The third kappa shape index (κ3) is 5.70. The second kappa shape index (κ2) is 11.5. The Hall–Kier alpha value is -4.17. The molecule has 2 heterocycles. The van der Waals surface area contributed by atoms with E-state index in [1.807, 2.05) is 61.5 Å². The normalized spacial score (nSPS) is 13.9. The third-order valence-corrected chi connectivity index (χ3v) is 6.93. The largest absolute Gasteiger partial charge is 0.493 e. The van der Waals surface area contributed by atoms with Gasteiger partial charge in [-0.1, -0.05) is 48.0 Å². The molecule has 0 saturated carbocycles. The quantitative estimate of drug-likeness (QED) is 0.378. The highest BCUT2D eigenvalue weighted by Crippen LogP contribution is 2.37. The Bertz CT molecular complexity index is 1400. The molecule has 1 aromatic heterocycles. The fourth-order valence-electron chi connectivity index (χ4n) is 4.83. The minimum absolute atomic E-state index is 0.00496. The number of nitrogens with zero attached hydrogens (tertiary/aromatic N) is 4. The molecule has 0 radical (unpaired) electrons. The van der Waals surface area contributed by atoms with Gasteiger partial charge in [0.1, 0.15) is 0 Å². The smallest absolute Gasteiger partial charge is 0.238 e. The van der Waals surface area contributed by atoms with Gasteiger partial charge in [-0.05, 0) is 36.8 Å². The van der Waals surface area contributed by atoms with Gasteiger partial charge >= 0.3 is 0 Å². The van der Waals surface area contributed by atoms with E-state index in [0.717, 1.165) is 54.2 Å². The average Bonchev–Trinajstić information content (AvgIpc) is 2.95. The summed E-state index contributed by atoms with van der Waals surface area (Å²) in [6, 6.07) is 22.1.